The van der Waals surface area contributed by atoms with Crippen molar-refractivity contribution < 1.29 is 9.53 Å². The smallest absolute Gasteiger partial charge is 0.413 e. The average Bonchev–Trinajstić information content (AvgIpc) is 2.95. The number of aromatic nitrogens is 3. The van der Waals surface area contributed by atoms with E-state index in [2.05, 4.69) is 15.3 Å². The van der Waals surface area contributed by atoms with Crippen LogP contribution in [0.4, 0.5) is 10.6 Å². The van der Waals surface area contributed by atoms with E-state index in [9.17, 15) is 4.79 Å². The number of anilines is 1. The van der Waals surface area contributed by atoms with Crippen molar-refractivity contribution in [1.82, 2.24) is 14.4 Å². The highest BCUT2D eigenvalue weighted by Gasteiger charge is 2.11. The standard InChI is InChI=1S/C16H17N5O2.ClH/c1-11-8-21-9-14(19-15(21)13(7-17)18-11)20-16(22)23-10-12-5-3-2-4-6-12;/h2-6,8-9H,7,10,17H2,1H3,(H,20,22);1H. The summed E-state index contributed by atoms with van der Waals surface area (Å²) >= 11 is 0. The number of fused-ring (bicyclic) bond motifs is 1. The lowest BCUT2D eigenvalue weighted by atomic mass is 10.2. The van der Waals surface area contributed by atoms with Crippen LogP contribution in [0.25, 0.3) is 5.65 Å². The number of aryl methyl sites for hydroxylation is 1. The van der Waals surface area contributed by atoms with Crippen molar-refractivity contribution in [3.8, 4) is 0 Å². The molecule has 0 bridgehead atoms. The number of amides is 1. The first-order chi connectivity index (χ1) is 11.2. The van der Waals surface area contributed by atoms with Crippen molar-refractivity contribution in [3.63, 3.8) is 0 Å². The number of benzene rings is 1. The average molecular weight is 348 g/mol. The predicted molar refractivity (Wildman–Crippen MR) is 93.1 cm³/mol. The molecule has 24 heavy (non-hydrogen) atoms. The predicted octanol–water partition coefficient (Wildman–Crippen LogP) is 2.67. The highest BCUT2D eigenvalue weighted by Crippen LogP contribution is 2.14. The molecule has 0 saturated heterocycles. The van der Waals surface area contributed by atoms with Crippen LogP contribution in [0.1, 0.15) is 17.0 Å². The molecule has 0 aliphatic carbocycles. The number of hydrogen-bond acceptors (Lipinski definition) is 5. The van der Waals surface area contributed by atoms with Gasteiger partial charge in [-0.2, -0.15) is 0 Å². The quantitative estimate of drug-likeness (QED) is 0.756. The van der Waals surface area contributed by atoms with Gasteiger partial charge in [-0.15, -0.1) is 12.4 Å². The molecule has 0 radical (unpaired) electrons. The molecule has 0 spiro atoms. The summed E-state index contributed by atoms with van der Waals surface area (Å²) in [4.78, 5) is 20.5. The van der Waals surface area contributed by atoms with E-state index in [1.54, 1.807) is 10.6 Å². The zero-order valence-electron chi connectivity index (χ0n) is 13.1. The number of nitrogens with two attached hydrogens (primary N) is 1. The molecule has 0 atom stereocenters. The van der Waals surface area contributed by atoms with E-state index >= 15 is 0 Å². The maximum atomic E-state index is 11.9. The third-order valence-corrected chi connectivity index (χ3v) is 3.26. The first kappa shape index (κ1) is 17.7. The van der Waals surface area contributed by atoms with Gasteiger partial charge in [-0.1, -0.05) is 30.3 Å². The third kappa shape index (κ3) is 4.01. The van der Waals surface area contributed by atoms with Gasteiger partial charge in [-0.25, -0.2) is 9.78 Å². The van der Waals surface area contributed by atoms with E-state index in [1.165, 1.54) is 0 Å². The second kappa shape index (κ2) is 7.76. The molecule has 3 rings (SSSR count). The number of ether oxygens (including phenoxy) is 1. The lowest BCUT2D eigenvalue weighted by molar-refractivity contribution is 0.155. The van der Waals surface area contributed by atoms with Crippen LogP contribution in [0, 0.1) is 6.92 Å². The number of carbonyl (C=O) groups excluding carboxylic acids is 1. The lowest BCUT2D eigenvalue weighted by Crippen LogP contribution is -2.13. The summed E-state index contributed by atoms with van der Waals surface area (Å²) in [6.07, 6.45) is 2.96. The van der Waals surface area contributed by atoms with Gasteiger partial charge in [-0.3, -0.25) is 10.3 Å². The molecule has 0 aliphatic rings. The number of imidazole rings is 1. The summed E-state index contributed by atoms with van der Waals surface area (Å²) in [5.41, 5.74) is 8.72. The molecule has 1 amide bonds. The summed E-state index contributed by atoms with van der Waals surface area (Å²) in [5, 5.41) is 2.61. The Labute approximate surface area is 145 Å². The van der Waals surface area contributed by atoms with Crippen LogP contribution >= 0.6 is 12.4 Å². The topological polar surface area (TPSA) is 94.5 Å². The summed E-state index contributed by atoms with van der Waals surface area (Å²) in [6, 6.07) is 9.47. The van der Waals surface area contributed by atoms with Crippen LogP contribution in [0.15, 0.2) is 42.7 Å². The Morgan fingerprint density at radius 3 is 2.71 bits per heavy atom. The number of carbonyl (C=O) groups is 1. The van der Waals surface area contributed by atoms with Crippen molar-refractivity contribution in [2.24, 2.45) is 5.73 Å². The third-order valence-electron chi connectivity index (χ3n) is 3.26. The van der Waals surface area contributed by atoms with Crippen LogP contribution in [-0.4, -0.2) is 20.5 Å². The van der Waals surface area contributed by atoms with Gasteiger partial charge in [0.1, 0.15) is 6.61 Å². The number of nitrogens with one attached hydrogen (secondary N) is 1. The molecule has 0 unspecified atom stereocenters. The van der Waals surface area contributed by atoms with E-state index in [-0.39, 0.29) is 25.6 Å². The molecule has 3 aromatic rings. The minimum Gasteiger partial charge on any atom is -0.444 e. The molecule has 0 saturated carbocycles. The van der Waals surface area contributed by atoms with Gasteiger partial charge in [0, 0.05) is 12.7 Å². The van der Waals surface area contributed by atoms with Gasteiger partial charge >= 0.3 is 6.09 Å². The van der Waals surface area contributed by atoms with E-state index in [0.717, 1.165) is 11.3 Å². The monoisotopic (exact) mass is 347 g/mol. The van der Waals surface area contributed by atoms with E-state index < -0.39 is 6.09 Å². The molecule has 1 aromatic carbocycles. The molecule has 7 nitrogen and oxygen atoms in total. The van der Waals surface area contributed by atoms with E-state index in [4.69, 9.17) is 10.5 Å². The molecule has 2 heterocycles. The van der Waals surface area contributed by atoms with Gasteiger partial charge in [0.05, 0.1) is 17.6 Å². The molecule has 0 fully saturated rings. The van der Waals surface area contributed by atoms with Crippen molar-refractivity contribution in [3.05, 3.63) is 59.7 Å². The summed E-state index contributed by atoms with van der Waals surface area (Å²) in [6.45, 7) is 2.36. The van der Waals surface area contributed by atoms with Gasteiger partial charge in [-0.05, 0) is 12.5 Å². The Bertz CT molecular complexity index is 835. The first-order valence-corrected chi connectivity index (χ1v) is 7.18. The summed E-state index contributed by atoms with van der Waals surface area (Å²) < 4.78 is 6.96. The van der Waals surface area contributed by atoms with Gasteiger partial charge in [0.2, 0.25) is 0 Å². The SMILES string of the molecule is Cc1cn2cc(NC(=O)OCc3ccccc3)nc2c(CN)n1.Cl. The highest BCUT2D eigenvalue weighted by molar-refractivity contribution is 5.85. The van der Waals surface area contributed by atoms with Crippen molar-refractivity contribution in [2.45, 2.75) is 20.1 Å². The van der Waals surface area contributed by atoms with Crippen LogP contribution in [0.2, 0.25) is 0 Å². The number of rotatable bonds is 4. The maximum Gasteiger partial charge on any atom is 0.413 e. The Morgan fingerprint density at radius 2 is 2.00 bits per heavy atom. The fourth-order valence-corrected chi connectivity index (χ4v) is 2.26. The second-order valence-electron chi connectivity index (χ2n) is 5.08. The normalized spacial score (nSPS) is 10.2. The summed E-state index contributed by atoms with van der Waals surface area (Å²) in [7, 11) is 0. The second-order valence-corrected chi connectivity index (χ2v) is 5.08. The van der Waals surface area contributed by atoms with Crippen molar-refractivity contribution in [2.75, 3.05) is 5.32 Å². The van der Waals surface area contributed by atoms with Gasteiger partial charge < -0.3 is 14.9 Å². The maximum absolute atomic E-state index is 11.9. The number of nitrogens with zero attached hydrogens (tertiary/aromatic N) is 3. The van der Waals surface area contributed by atoms with Crippen molar-refractivity contribution >= 4 is 30.0 Å². The molecule has 2 aromatic heterocycles. The lowest BCUT2D eigenvalue weighted by Gasteiger charge is -2.04. The molecule has 3 N–H and O–H groups in total. The van der Waals surface area contributed by atoms with E-state index in [1.807, 2.05) is 43.5 Å². The molecular formula is C16H18ClN5O2. The zero-order valence-corrected chi connectivity index (χ0v) is 13.9. The van der Waals surface area contributed by atoms with Gasteiger partial charge in [0.25, 0.3) is 0 Å². The molecular weight excluding hydrogens is 330 g/mol. The zero-order chi connectivity index (χ0) is 16.2. The first-order valence-electron chi connectivity index (χ1n) is 7.18. The van der Waals surface area contributed by atoms with Crippen molar-refractivity contribution in [1.29, 1.82) is 0 Å². The Balaban J connectivity index is 0.00000208. The highest BCUT2D eigenvalue weighted by atomic mass is 35.5. The van der Waals surface area contributed by atoms with Gasteiger partial charge in [0.15, 0.2) is 11.5 Å². The van der Waals surface area contributed by atoms with Crippen LogP contribution in [0.3, 0.4) is 0 Å². The number of halogens is 1. The minimum atomic E-state index is -0.559. The van der Waals surface area contributed by atoms with E-state index in [0.29, 0.717) is 17.2 Å². The minimum absolute atomic E-state index is 0. The molecule has 8 heteroatoms. The van der Waals surface area contributed by atoms with Crippen LogP contribution in [0.5, 0.6) is 0 Å². The molecule has 126 valence electrons. The fraction of sp³-hybridized carbons (Fsp3) is 0.188. The Kier molecular flexibility index (Phi) is 5.73. The molecule has 0 aliphatic heterocycles. The Hall–Kier alpha value is -2.64. The van der Waals surface area contributed by atoms with Crippen LogP contribution < -0.4 is 11.1 Å². The Morgan fingerprint density at radius 1 is 1.25 bits per heavy atom. The number of hydrogen-bond donors (Lipinski definition) is 2. The van der Waals surface area contributed by atoms with Crippen LogP contribution in [-0.2, 0) is 17.9 Å². The summed E-state index contributed by atoms with van der Waals surface area (Å²) in [5.74, 6) is 0.394. The fourth-order valence-electron chi connectivity index (χ4n) is 2.26. The largest absolute Gasteiger partial charge is 0.444 e.